The Labute approximate surface area is 222 Å². The number of thiazole rings is 1. The summed E-state index contributed by atoms with van der Waals surface area (Å²) in [4.78, 5) is 22.7. The minimum Gasteiger partial charge on any atom is -0.302 e. The highest BCUT2D eigenvalue weighted by Gasteiger charge is 2.27. The third-order valence-electron chi connectivity index (χ3n) is 6.70. The van der Waals surface area contributed by atoms with Crippen LogP contribution in [0, 0.1) is 6.92 Å². The summed E-state index contributed by atoms with van der Waals surface area (Å²) in [5.41, 5.74) is 2.23. The first kappa shape index (κ1) is 27.0. The topological polar surface area (TPSA) is 73.8 Å². The number of hydrogen-bond donors (Lipinski definition) is 0. The molecule has 1 fully saturated rings. The molecule has 2 aromatic carbocycles. The van der Waals surface area contributed by atoms with Gasteiger partial charge in [0.15, 0.2) is 5.13 Å². The lowest BCUT2D eigenvalue weighted by molar-refractivity contribution is 0.0983. The second-order valence-corrected chi connectivity index (χ2v) is 12.4. The minimum absolute atomic E-state index is 0.202. The summed E-state index contributed by atoms with van der Waals surface area (Å²) in [7, 11) is -3.55. The fraction of sp³-hybridized carbons (Fsp3) is 0.462. The van der Waals surface area contributed by atoms with Gasteiger partial charge in [-0.1, -0.05) is 43.2 Å². The minimum atomic E-state index is -3.55. The predicted octanol–water partition coefficient (Wildman–Crippen LogP) is 5.42. The molecule has 0 saturated carbocycles. The van der Waals surface area contributed by atoms with E-state index in [0.717, 1.165) is 48.1 Å². The van der Waals surface area contributed by atoms with E-state index in [1.54, 1.807) is 29.2 Å². The summed E-state index contributed by atoms with van der Waals surface area (Å²) < 4.78 is 28.5. The average Bonchev–Trinajstić information content (AvgIpc) is 3.31. The van der Waals surface area contributed by atoms with Crippen molar-refractivity contribution in [2.75, 3.05) is 44.2 Å². The highest BCUT2D eigenvalue weighted by atomic mass is 35.5. The van der Waals surface area contributed by atoms with Crippen LogP contribution in [0.3, 0.4) is 0 Å². The van der Waals surface area contributed by atoms with E-state index in [4.69, 9.17) is 16.6 Å². The molecule has 1 aliphatic rings. The van der Waals surface area contributed by atoms with Gasteiger partial charge in [0.25, 0.3) is 5.91 Å². The number of carbonyl (C=O) groups excluding carboxylic acids is 1. The number of hydrogen-bond acceptors (Lipinski definition) is 6. The maximum atomic E-state index is 13.7. The van der Waals surface area contributed by atoms with E-state index in [1.165, 1.54) is 15.6 Å². The molecule has 0 spiro atoms. The van der Waals surface area contributed by atoms with Crippen LogP contribution in [-0.4, -0.2) is 67.8 Å². The quantitative estimate of drug-likeness (QED) is 0.357. The molecule has 10 heteroatoms. The van der Waals surface area contributed by atoms with Crippen molar-refractivity contribution >= 4 is 54.2 Å². The van der Waals surface area contributed by atoms with Gasteiger partial charge < -0.3 is 4.90 Å². The van der Waals surface area contributed by atoms with Crippen molar-refractivity contribution in [1.82, 2.24) is 14.2 Å². The number of piperidine rings is 1. The Hall–Kier alpha value is -2.04. The van der Waals surface area contributed by atoms with Gasteiger partial charge in [-0.3, -0.25) is 9.69 Å². The first-order valence-electron chi connectivity index (χ1n) is 12.5. The van der Waals surface area contributed by atoms with Crippen LogP contribution in [0.4, 0.5) is 5.13 Å². The number of halogens is 1. The summed E-state index contributed by atoms with van der Waals surface area (Å²) >= 11 is 7.70. The van der Waals surface area contributed by atoms with Crippen molar-refractivity contribution in [3.05, 3.63) is 52.5 Å². The van der Waals surface area contributed by atoms with Gasteiger partial charge in [0.05, 0.1) is 15.1 Å². The number of fused-ring (bicyclic) bond motifs is 1. The molecular weight excluding hydrogens is 516 g/mol. The second kappa shape index (κ2) is 11.6. The van der Waals surface area contributed by atoms with E-state index in [9.17, 15) is 13.2 Å². The second-order valence-electron chi connectivity index (χ2n) is 9.04. The zero-order chi connectivity index (χ0) is 25.9. The maximum Gasteiger partial charge on any atom is 0.260 e. The number of carbonyl (C=O) groups is 1. The van der Waals surface area contributed by atoms with Crippen LogP contribution in [0.25, 0.3) is 10.2 Å². The fourth-order valence-corrected chi connectivity index (χ4v) is 7.46. The van der Waals surface area contributed by atoms with Crippen molar-refractivity contribution in [2.24, 2.45) is 0 Å². The number of aromatic nitrogens is 1. The lowest BCUT2D eigenvalue weighted by Crippen LogP contribution is -2.39. The number of nitrogens with zero attached hydrogens (tertiary/aromatic N) is 4. The molecule has 7 nitrogen and oxygen atoms in total. The van der Waals surface area contributed by atoms with Crippen molar-refractivity contribution < 1.29 is 13.2 Å². The Morgan fingerprint density at radius 2 is 1.72 bits per heavy atom. The van der Waals surface area contributed by atoms with Gasteiger partial charge in [0, 0.05) is 36.8 Å². The van der Waals surface area contributed by atoms with Gasteiger partial charge >= 0.3 is 0 Å². The van der Waals surface area contributed by atoms with E-state index < -0.39 is 10.0 Å². The number of anilines is 1. The standard InChI is InChI=1S/C26H33ClN4O3S2/c1-4-29(5-2)15-16-31(26-28-24-19(3)17-21(27)18-23(24)35-26)25(32)20-9-11-22(12-10-20)36(33,34)30-13-7-6-8-14-30/h9-12,17-18H,4-8,13-16H2,1-3H3. The van der Waals surface area contributed by atoms with Crippen molar-refractivity contribution in [1.29, 1.82) is 0 Å². The Morgan fingerprint density at radius 3 is 2.36 bits per heavy atom. The van der Waals surface area contributed by atoms with Gasteiger partial charge in [0.2, 0.25) is 10.0 Å². The van der Waals surface area contributed by atoms with Crippen LogP contribution in [-0.2, 0) is 10.0 Å². The molecule has 1 amide bonds. The number of aryl methyl sites for hydroxylation is 1. The Bertz CT molecular complexity index is 1310. The molecule has 0 atom stereocenters. The van der Waals surface area contributed by atoms with Crippen LogP contribution in [0.5, 0.6) is 0 Å². The average molecular weight is 549 g/mol. The normalized spacial score (nSPS) is 15.0. The smallest absolute Gasteiger partial charge is 0.260 e. The molecule has 0 unspecified atom stereocenters. The van der Waals surface area contributed by atoms with Gasteiger partial charge in [0.1, 0.15) is 0 Å². The zero-order valence-electron chi connectivity index (χ0n) is 21.0. The molecule has 194 valence electrons. The molecule has 0 aliphatic carbocycles. The van der Waals surface area contributed by atoms with Gasteiger partial charge in [-0.05, 0) is 74.8 Å². The first-order chi connectivity index (χ1) is 17.2. The molecule has 1 aromatic heterocycles. The monoisotopic (exact) mass is 548 g/mol. The zero-order valence-corrected chi connectivity index (χ0v) is 23.4. The highest BCUT2D eigenvalue weighted by Crippen LogP contribution is 2.34. The molecule has 1 aliphatic heterocycles. The number of likely N-dealkylation sites (N-methyl/N-ethyl adjacent to an activating group) is 1. The van der Waals surface area contributed by atoms with Crippen LogP contribution < -0.4 is 4.90 Å². The van der Waals surface area contributed by atoms with Crippen LogP contribution in [0.1, 0.15) is 49.0 Å². The van der Waals surface area contributed by atoms with Gasteiger partial charge in [-0.25, -0.2) is 13.4 Å². The van der Waals surface area contributed by atoms with E-state index in [1.807, 2.05) is 19.1 Å². The van der Waals surface area contributed by atoms with Crippen molar-refractivity contribution in [3.63, 3.8) is 0 Å². The molecule has 36 heavy (non-hydrogen) atoms. The van der Waals surface area contributed by atoms with Gasteiger partial charge in [-0.2, -0.15) is 4.31 Å². The van der Waals surface area contributed by atoms with E-state index in [-0.39, 0.29) is 10.8 Å². The van der Waals surface area contributed by atoms with Crippen molar-refractivity contribution in [3.8, 4) is 0 Å². The van der Waals surface area contributed by atoms with Crippen LogP contribution >= 0.6 is 22.9 Å². The van der Waals surface area contributed by atoms with E-state index >= 15 is 0 Å². The van der Waals surface area contributed by atoms with Gasteiger partial charge in [-0.15, -0.1) is 0 Å². The predicted molar refractivity (Wildman–Crippen MR) is 148 cm³/mol. The first-order valence-corrected chi connectivity index (χ1v) is 15.1. The summed E-state index contributed by atoms with van der Waals surface area (Å²) in [6.07, 6.45) is 2.81. The molecule has 4 rings (SSSR count). The molecule has 0 radical (unpaired) electrons. The Balaban J connectivity index is 1.64. The molecule has 2 heterocycles. The third kappa shape index (κ3) is 5.75. The summed E-state index contributed by atoms with van der Waals surface area (Å²) in [6.45, 7) is 10.2. The summed E-state index contributed by atoms with van der Waals surface area (Å²) in [5, 5.41) is 1.25. The largest absolute Gasteiger partial charge is 0.302 e. The molecular formula is C26H33ClN4O3S2. The fourth-order valence-electron chi connectivity index (χ4n) is 4.50. The highest BCUT2D eigenvalue weighted by molar-refractivity contribution is 7.89. The Morgan fingerprint density at radius 1 is 1.06 bits per heavy atom. The molecule has 1 saturated heterocycles. The summed E-state index contributed by atoms with van der Waals surface area (Å²) in [5.74, 6) is -0.202. The third-order valence-corrected chi connectivity index (χ3v) is 9.86. The Kier molecular flexibility index (Phi) is 8.67. The number of amides is 1. The van der Waals surface area contributed by atoms with E-state index in [2.05, 4.69) is 18.7 Å². The maximum absolute atomic E-state index is 13.7. The SMILES string of the molecule is CCN(CC)CCN(C(=O)c1ccc(S(=O)(=O)N2CCCCC2)cc1)c1nc2c(C)cc(Cl)cc2s1. The molecule has 3 aromatic rings. The lowest BCUT2D eigenvalue weighted by Gasteiger charge is -2.26. The van der Waals surface area contributed by atoms with E-state index in [0.29, 0.717) is 41.9 Å². The number of benzene rings is 2. The number of sulfonamides is 1. The van der Waals surface area contributed by atoms with Crippen molar-refractivity contribution in [2.45, 2.75) is 44.9 Å². The summed E-state index contributed by atoms with van der Waals surface area (Å²) in [6, 6.07) is 10.1. The number of rotatable bonds is 9. The molecule has 0 N–H and O–H groups in total. The van der Waals surface area contributed by atoms with Crippen LogP contribution in [0.2, 0.25) is 5.02 Å². The molecule has 0 bridgehead atoms. The van der Waals surface area contributed by atoms with Crippen LogP contribution in [0.15, 0.2) is 41.3 Å². The lowest BCUT2D eigenvalue weighted by atomic mass is 10.2.